The van der Waals surface area contributed by atoms with E-state index in [4.69, 9.17) is 28.9 Å². The summed E-state index contributed by atoms with van der Waals surface area (Å²) < 4.78 is 2.00. The van der Waals surface area contributed by atoms with Gasteiger partial charge in [0.15, 0.2) is 0 Å². The average Bonchev–Trinajstić information content (AvgIpc) is 2.68. The van der Waals surface area contributed by atoms with E-state index in [2.05, 4.69) is 6.07 Å². The minimum Gasteiger partial charge on any atom is -0.286 e. The predicted octanol–water partition coefficient (Wildman–Crippen LogP) is 3.56. The van der Waals surface area contributed by atoms with Crippen molar-refractivity contribution in [2.24, 2.45) is 5.73 Å². The molecule has 2 nitrogen and oxygen atoms in total. The van der Waals surface area contributed by atoms with Gasteiger partial charge in [0.05, 0.1) is 10.6 Å². The van der Waals surface area contributed by atoms with Crippen LogP contribution in [-0.2, 0) is 6.54 Å². The van der Waals surface area contributed by atoms with Crippen molar-refractivity contribution in [3.63, 3.8) is 0 Å². The van der Waals surface area contributed by atoms with Gasteiger partial charge in [-0.1, -0.05) is 41.4 Å². The molecule has 2 aromatic carbocycles. The van der Waals surface area contributed by atoms with Crippen LogP contribution in [0.1, 0.15) is 11.1 Å². The molecule has 0 bridgehead atoms. The summed E-state index contributed by atoms with van der Waals surface area (Å²) in [7, 11) is 0. The summed E-state index contributed by atoms with van der Waals surface area (Å²) in [6, 6.07) is 13.5. The number of benzene rings is 2. The maximum atomic E-state index is 6.22. The van der Waals surface area contributed by atoms with Crippen molar-refractivity contribution in [1.29, 1.82) is 0 Å². The topological polar surface area (TPSA) is 29.0 Å². The summed E-state index contributed by atoms with van der Waals surface area (Å²) in [4.78, 5) is 0. The molecule has 0 saturated heterocycles. The van der Waals surface area contributed by atoms with E-state index in [9.17, 15) is 0 Å². The molecule has 2 aromatic rings. The van der Waals surface area contributed by atoms with E-state index in [1.165, 1.54) is 5.56 Å². The lowest BCUT2D eigenvalue weighted by Crippen LogP contribution is -2.20. The van der Waals surface area contributed by atoms with Gasteiger partial charge in [0.2, 0.25) is 0 Å². The molecule has 18 heavy (non-hydrogen) atoms. The molecule has 1 aliphatic heterocycles. The molecule has 0 saturated carbocycles. The van der Waals surface area contributed by atoms with Crippen molar-refractivity contribution in [3.05, 3.63) is 63.6 Å². The Balaban J connectivity index is 2.13. The summed E-state index contributed by atoms with van der Waals surface area (Å²) in [6.07, 6.45) is 0. The molecule has 0 fully saturated rings. The van der Waals surface area contributed by atoms with Crippen LogP contribution in [0.5, 0.6) is 0 Å². The van der Waals surface area contributed by atoms with Crippen LogP contribution in [0.15, 0.2) is 42.5 Å². The molecule has 4 heteroatoms. The molecule has 3 rings (SSSR count). The Morgan fingerprint density at radius 3 is 2.56 bits per heavy atom. The highest BCUT2D eigenvalue weighted by atomic mass is 35.5. The van der Waals surface area contributed by atoms with E-state index in [0.717, 1.165) is 23.6 Å². The lowest BCUT2D eigenvalue weighted by atomic mass is 10.1. The van der Waals surface area contributed by atoms with Crippen LogP contribution in [0, 0.1) is 0 Å². The molecule has 2 N–H and O–H groups in total. The first-order valence-electron chi connectivity index (χ1n) is 5.60. The first kappa shape index (κ1) is 11.6. The van der Waals surface area contributed by atoms with Gasteiger partial charge < -0.3 is 0 Å². The Morgan fingerprint density at radius 2 is 1.83 bits per heavy atom. The van der Waals surface area contributed by atoms with Crippen molar-refractivity contribution in [2.75, 3.05) is 0 Å². The Hall–Kier alpha value is -1.51. The quantitative estimate of drug-likeness (QED) is 0.794. The molecule has 0 aliphatic carbocycles. The van der Waals surface area contributed by atoms with Gasteiger partial charge in [0.25, 0.3) is 5.84 Å². The fourth-order valence-electron chi connectivity index (χ4n) is 2.22. The molecule has 0 atom stereocenters. The average molecular weight is 278 g/mol. The molecule has 1 aliphatic rings. The Kier molecular flexibility index (Phi) is 2.77. The minimum absolute atomic E-state index is 0.609. The number of amidine groups is 1. The fourth-order valence-corrected chi connectivity index (χ4v) is 2.73. The van der Waals surface area contributed by atoms with Crippen LogP contribution < -0.4 is 5.73 Å². The van der Waals surface area contributed by atoms with E-state index in [1.807, 2.05) is 34.9 Å². The minimum atomic E-state index is 0.609. The molecule has 1 heterocycles. The second kappa shape index (κ2) is 4.30. The monoisotopic (exact) mass is 277 g/mol. The zero-order chi connectivity index (χ0) is 12.7. The predicted molar refractivity (Wildman–Crippen MR) is 74.8 cm³/mol. The highest BCUT2D eigenvalue weighted by Gasteiger charge is 2.26. The molecule has 0 spiro atoms. The maximum absolute atomic E-state index is 6.22. The Labute approximate surface area is 115 Å². The number of hydrogen-bond acceptors (Lipinski definition) is 1. The molecule has 0 unspecified atom stereocenters. The van der Waals surface area contributed by atoms with E-state index < -0.39 is 0 Å². The van der Waals surface area contributed by atoms with Gasteiger partial charge in [-0.3, -0.25) is 5.73 Å². The summed E-state index contributed by atoms with van der Waals surface area (Å²) in [5, 5.41) is 1.23. The van der Waals surface area contributed by atoms with Crippen LogP contribution in [0.2, 0.25) is 10.0 Å². The second-order valence-electron chi connectivity index (χ2n) is 4.22. The van der Waals surface area contributed by atoms with Gasteiger partial charge in [-0.2, -0.15) is 0 Å². The number of fused-ring (bicyclic) bond motifs is 1. The van der Waals surface area contributed by atoms with Gasteiger partial charge in [0, 0.05) is 10.6 Å². The molecular formula is C14H11Cl2N2+. The summed E-state index contributed by atoms with van der Waals surface area (Å²) in [5.74, 6) is 0.731. The van der Waals surface area contributed by atoms with Crippen LogP contribution in [-0.4, -0.2) is 10.4 Å². The Bertz CT molecular complexity index is 663. The largest absolute Gasteiger partial charge is 0.286 e. The van der Waals surface area contributed by atoms with Crippen LogP contribution in [0.3, 0.4) is 0 Å². The third kappa shape index (κ3) is 1.78. The first-order chi connectivity index (χ1) is 8.66. The zero-order valence-corrected chi connectivity index (χ0v) is 11.0. The van der Waals surface area contributed by atoms with Crippen molar-refractivity contribution in [2.45, 2.75) is 6.54 Å². The third-order valence-electron chi connectivity index (χ3n) is 3.11. The van der Waals surface area contributed by atoms with E-state index in [-0.39, 0.29) is 0 Å². The molecular weight excluding hydrogens is 267 g/mol. The number of nitrogens with two attached hydrogens (primary N) is 1. The normalized spacial score (nSPS) is 13.9. The maximum Gasteiger partial charge on any atom is 0.280 e. The number of rotatable bonds is 1. The van der Waals surface area contributed by atoms with E-state index in [1.54, 1.807) is 6.07 Å². The number of halogens is 2. The van der Waals surface area contributed by atoms with Crippen molar-refractivity contribution < 1.29 is 4.58 Å². The number of nitrogens with zero attached hydrogens (tertiary/aromatic N) is 1. The van der Waals surface area contributed by atoms with Gasteiger partial charge in [-0.05, 0) is 24.3 Å². The van der Waals surface area contributed by atoms with Gasteiger partial charge in [0.1, 0.15) is 12.2 Å². The fraction of sp³-hybridized carbons (Fsp3) is 0.0714. The SMILES string of the molecule is NC1=[N+](c2ccc(Cl)cc2Cl)Cc2ccccc21. The molecule has 90 valence electrons. The second-order valence-corrected chi connectivity index (χ2v) is 5.07. The Morgan fingerprint density at radius 1 is 1.06 bits per heavy atom. The first-order valence-corrected chi connectivity index (χ1v) is 6.35. The summed E-state index contributed by atoms with van der Waals surface area (Å²) in [6.45, 7) is 0.739. The lowest BCUT2D eigenvalue weighted by molar-refractivity contribution is -0.453. The van der Waals surface area contributed by atoms with Gasteiger partial charge in [-0.15, -0.1) is 0 Å². The van der Waals surface area contributed by atoms with Crippen LogP contribution >= 0.6 is 23.2 Å². The van der Waals surface area contributed by atoms with Gasteiger partial charge in [-0.25, -0.2) is 4.58 Å². The van der Waals surface area contributed by atoms with E-state index in [0.29, 0.717) is 10.0 Å². The third-order valence-corrected chi connectivity index (χ3v) is 3.65. The molecule has 0 radical (unpaired) electrons. The van der Waals surface area contributed by atoms with E-state index >= 15 is 0 Å². The lowest BCUT2D eigenvalue weighted by Gasteiger charge is -2.05. The zero-order valence-electron chi connectivity index (χ0n) is 9.53. The van der Waals surface area contributed by atoms with Crippen LogP contribution in [0.4, 0.5) is 5.69 Å². The summed E-state index contributed by atoms with van der Waals surface area (Å²) >= 11 is 12.1. The van der Waals surface area contributed by atoms with Gasteiger partial charge >= 0.3 is 0 Å². The van der Waals surface area contributed by atoms with Crippen molar-refractivity contribution in [1.82, 2.24) is 0 Å². The smallest absolute Gasteiger partial charge is 0.280 e. The molecule has 0 amide bonds. The number of hydrogen-bond donors (Lipinski definition) is 1. The summed E-state index contributed by atoms with van der Waals surface area (Å²) in [5.41, 5.74) is 9.35. The van der Waals surface area contributed by atoms with Crippen molar-refractivity contribution >= 4 is 34.7 Å². The highest BCUT2D eigenvalue weighted by molar-refractivity contribution is 6.36. The highest BCUT2D eigenvalue weighted by Crippen LogP contribution is 2.31. The molecule has 0 aromatic heterocycles. The van der Waals surface area contributed by atoms with Crippen LogP contribution in [0.25, 0.3) is 0 Å². The standard InChI is InChI=1S/C14H10Cl2N2/c15-10-5-6-13(12(16)7-10)18-8-9-3-1-2-4-11(9)14(18)17/h1-7,17H,8H2/p+1. The van der Waals surface area contributed by atoms with Crippen molar-refractivity contribution in [3.8, 4) is 0 Å².